The molecule has 3 heteroatoms. The molecule has 2 saturated heterocycles. The number of hydrogen-bond donors (Lipinski definition) is 2. The molecule has 3 nitrogen and oxygen atoms in total. The van der Waals surface area contributed by atoms with Crippen LogP contribution in [-0.4, -0.2) is 29.6 Å². The number of hydrogen-bond acceptors (Lipinski definition) is 3. The summed E-state index contributed by atoms with van der Waals surface area (Å²) in [6.07, 6.45) is 13.2. The molecular formula is C27H45NO2. The predicted octanol–water partition coefficient (Wildman–Crippen LogP) is 5.37. The van der Waals surface area contributed by atoms with E-state index in [2.05, 4.69) is 33.0 Å². The van der Waals surface area contributed by atoms with Crippen LogP contribution < -0.4 is 5.32 Å². The maximum atomic E-state index is 10.3. The average molecular weight is 416 g/mol. The lowest BCUT2D eigenvalue weighted by Crippen LogP contribution is -2.57. The van der Waals surface area contributed by atoms with Gasteiger partial charge in [0, 0.05) is 12.5 Å². The minimum Gasteiger partial charge on any atom is -0.393 e. The Bertz CT molecular complexity index is 686. The molecule has 0 aromatic rings. The average Bonchev–Trinajstić information content (AvgIpc) is 3.16. The number of aliphatic hydroxyl groups is 1. The Balaban J connectivity index is 1.26. The van der Waals surface area contributed by atoms with E-state index in [1.165, 1.54) is 51.4 Å². The van der Waals surface area contributed by atoms with Gasteiger partial charge < -0.3 is 9.84 Å². The molecule has 2 heterocycles. The molecule has 6 rings (SSSR count). The van der Waals surface area contributed by atoms with Crippen molar-refractivity contribution in [2.24, 2.45) is 52.3 Å². The summed E-state index contributed by atoms with van der Waals surface area (Å²) < 4.78 is 7.01. The van der Waals surface area contributed by atoms with Crippen LogP contribution in [0.1, 0.15) is 91.9 Å². The molecule has 0 bridgehead atoms. The molecule has 0 aromatic heterocycles. The van der Waals surface area contributed by atoms with Crippen LogP contribution in [0.2, 0.25) is 0 Å². The summed E-state index contributed by atoms with van der Waals surface area (Å²) in [5, 5.41) is 14.2. The molecule has 12 atom stereocenters. The Morgan fingerprint density at radius 3 is 2.43 bits per heavy atom. The first-order valence-corrected chi connectivity index (χ1v) is 13.4. The highest BCUT2D eigenvalue weighted by Gasteiger charge is 2.68. The fourth-order valence-corrected chi connectivity index (χ4v) is 10.4. The Morgan fingerprint density at radius 2 is 1.67 bits per heavy atom. The van der Waals surface area contributed by atoms with Gasteiger partial charge >= 0.3 is 0 Å². The first-order valence-electron chi connectivity index (χ1n) is 13.4. The zero-order valence-electron chi connectivity index (χ0n) is 19.8. The molecule has 0 aromatic carbocycles. The van der Waals surface area contributed by atoms with Gasteiger partial charge in [0.15, 0.2) is 0 Å². The number of piperidine rings is 1. The summed E-state index contributed by atoms with van der Waals surface area (Å²) in [4.78, 5) is 0. The highest BCUT2D eigenvalue weighted by Crippen LogP contribution is 2.71. The lowest BCUT2D eigenvalue weighted by molar-refractivity contribution is -0.140. The van der Waals surface area contributed by atoms with E-state index in [-0.39, 0.29) is 11.8 Å². The van der Waals surface area contributed by atoms with E-state index < -0.39 is 0 Å². The third kappa shape index (κ3) is 2.61. The SMILES string of the molecule is C[C@H]1CC[C@]2(NC1)OC1C[C@H]3[C@@H]4CC[C@H]5C[C@@H](O)CC[C@]5(C)[C@H]4CC[C@]3(C)[C@H]1[C@@H]2C. The molecule has 0 amide bonds. The molecule has 30 heavy (non-hydrogen) atoms. The van der Waals surface area contributed by atoms with E-state index in [9.17, 15) is 5.11 Å². The largest absolute Gasteiger partial charge is 0.393 e. The zero-order valence-corrected chi connectivity index (χ0v) is 19.8. The van der Waals surface area contributed by atoms with E-state index >= 15 is 0 Å². The molecule has 2 N–H and O–H groups in total. The molecule has 170 valence electrons. The third-order valence-corrected chi connectivity index (χ3v) is 12.1. The fraction of sp³-hybridized carbons (Fsp3) is 1.00. The van der Waals surface area contributed by atoms with E-state index in [0.717, 1.165) is 54.9 Å². The van der Waals surface area contributed by atoms with Gasteiger partial charge in [-0.3, -0.25) is 5.32 Å². The van der Waals surface area contributed by atoms with Crippen LogP contribution in [0.15, 0.2) is 0 Å². The van der Waals surface area contributed by atoms with E-state index in [1.54, 1.807) is 0 Å². The van der Waals surface area contributed by atoms with E-state index in [1.807, 2.05) is 0 Å². The van der Waals surface area contributed by atoms with Crippen molar-refractivity contribution in [3.63, 3.8) is 0 Å². The Hall–Kier alpha value is -0.120. The summed E-state index contributed by atoms with van der Waals surface area (Å²) >= 11 is 0. The van der Waals surface area contributed by atoms with Crippen molar-refractivity contribution in [1.82, 2.24) is 5.32 Å². The van der Waals surface area contributed by atoms with Crippen LogP contribution in [0.5, 0.6) is 0 Å². The molecule has 4 aliphatic carbocycles. The highest BCUT2D eigenvalue weighted by atomic mass is 16.5. The molecule has 1 unspecified atom stereocenters. The summed E-state index contributed by atoms with van der Waals surface area (Å²) in [6.45, 7) is 11.3. The standard InChI is InChI=1S/C27H45NO2/c1-16-7-12-27(28-15-16)17(2)24-23(30-27)14-22-20-6-5-18-13-19(29)8-10-25(18,3)21(20)9-11-26(22,24)4/h16-24,28-29H,5-15H2,1-4H3/t16-,17-,18-,19-,20+,21-,22-,23?,24-,25-,26-,27-/m0/s1. The first kappa shape index (κ1) is 20.5. The normalized spacial score (nSPS) is 62.5. The highest BCUT2D eigenvalue weighted by molar-refractivity contribution is 5.16. The molecule has 2 aliphatic heterocycles. The number of rotatable bonds is 0. The zero-order chi connectivity index (χ0) is 20.9. The van der Waals surface area contributed by atoms with Gasteiger partial charge in [-0.25, -0.2) is 0 Å². The minimum atomic E-state index is -0.0320. The Labute approximate surface area is 184 Å². The number of fused-ring (bicyclic) bond motifs is 7. The predicted molar refractivity (Wildman–Crippen MR) is 120 cm³/mol. The van der Waals surface area contributed by atoms with Crippen LogP contribution in [0.3, 0.4) is 0 Å². The summed E-state index contributed by atoms with van der Waals surface area (Å²) in [7, 11) is 0. The van der Waals surface area contributed by atoms with Crippen molar-refractivity contribution < 1.29 is 9.84 Å². The quantitative estimate of drug-likeness (QED) is 0.559. The van der Waals surface area contributed by atoms with Crippen LogP contribution in [0.4, 0.5) is 0 Å². The summed E-state index contributed by atoms with van der Waals surface area (Å²) in [5.74, 6) is 5.57. The van der Waals surface area contributed by atoms with Gasteiger partial charge in [-0.05, 0) is 111 Å². The van der Waals surface area contributed by atoms with Gasteiger partial charge in [-0.15, -0.1) is 0 Å². The third-order valence-electron chi connectivity index (χ3n) is 12.1. The second-order valence-corrected chi connectivity index (χ2v) is 13.3. The van der Waals surface area contributed by atoms with E-state index in [4.69, 9.17) is 4.74 Å². The molecule has 0 radical (unpaired) electrons. The van der Waals surface area contributed by atoms with Gasteiger partial charge in [-0.1, -0.05) is 27.7 Å². The lowest BCUT2D eigenvalue weighted by atomic mass is 9.44. The monoisotopic (exact) mass is 415 g/mol. The Morgan fingerprint density at radius 1 is 0.867 bits per heavy atom. The first-order chi connectivity index (χ1) is 14.3. The van der Waals surface area contributed by atoms with Crippen LogP contribution in [0, 0.1) is 52.3 Å². The van der Waals surface area contributed by atoms with Crippen molar-refractivity contribution in [2.45, 2.75) is 110 Å². The van der Waals surface area contributed by atoms with E-state index in [0.29, 0.717) is 22.9 Å². The van der Waals surface area contributed by atoms with Gasteiger partial charge in [0.1, 0.15) is 5.72 Å². The van der Waals surface area contributed by atoms with Crippen molar-refractivity contribution in [2.75, 3.05) is 6.54 Å². The molecule has 4 saturated carbocycles. The van der Waals surface area contributed by atoms with Crippen molar-refractivity contribution in [1.29, 1.82) is 0 Å². The number of ether oxygens (including phenoxy) is 1. The minimum absolute atomic E-state index is 0.0319. The number of nitrogens with one attached hydrogen (secondary N) is 1. The topological polar surface area (TPSA) is 41.5 Å². The van der Waals surface area contributed by atoms with Crippen molar-refractivity contribution in [3.05, 3.63) is 0 Å². The second-order valence-electron chi connectivity index (χ2n) is 13.3. The van der Waals surface area contributed by atoms with Gasteiger partial charge in [0.2, 0.25) is 0 Å². The van der Waals surface area contributed by atoms with Crippen molar-refractivity contribution in [3.8, 4) is 0 Å². The second kappa shape index (κ2) is 6.70. The molecule has 6 fully saturated rings. The molecule has 6 aliphatic rings. The van der Waals surface area contributed by atoms with Crippen LogP contribution in [-0.2, 0) is 4.74 Å². The Kier molecular flexibility index (Phi) is 4.58. The lowest BCUT2D eigenvalue weighted by Gasteiger charge is -2.61. The van der Waals surface area contributed by atoms with Gasteiger partial charge in [0.05, 0.1) is 12.2 Å². The maximum Gasteiger partial charge on any atom is 0.122 e. The van der Waals surface area contributed by atoms with Gasteiger partial charge in [-0.2, -0.15) is 0 Å². The molecular weight excluding hydrogens is 370 g/mol. The summed E-state index contributed by atoms with van der Waals surface area (Å²) in [6, 6.07) is 0. The smallest absolute Gasteiger partial charge is 0.122 e. The van der Waals surface area contributed by atoms with Gasteiger partial charge in [0.25, 0.3) is 0 Å². The fourth-order valence-electron chi connectivity index (χ4n) is 10.4. The maximum absolute atomic E-state index is 10.3. The van der Waals surface area contributed by atoms with Crippen LogP contribution >= 0.6 is 0 Å². The van der Waals surface area contributed by atoms with Crippen molar-refractivity contribution >= 4 is 0 Å². The number of aliphatic hydroxyl groups excluding tert-OH is 1. The van der Waals surface area contributed by atoms with Crippen LogP contribution in [0.25, 0.3) is 0 Å². The molecule has 1 spiro atoms. The summed E-state index contributed by atoms with van der Waals surface area (Å²) in [5.41, 5.74) is 0.919.